The molecule has 144 valence electrons. The molecule has 2 heterocycles. The van der Waals surface area contributed by atoms with Crippen LogP contribution in [0.2, 0.25) is 0 Å². The van der Waals surface area contributed by atoms with E-state index in [9.17, 15) is 4.79 Å². The number of benzene rings is 1. The third-order valence-corrected chi connectivity index (χ3v) is 5.83. The van der Waals surface area contributed by atoms with E-state index < -0.39 is 0 Å². The fraction of sp³-hybridized carbons (Fsp3) is 0.150. The number of rotatable bonds is 7. The molecule has 28 heavy (non-hydrogen) atoms. The fourth-order valence-electron chi connectivity index (χ4n) is 2.54. The summed E-state index contributed by atoms with van der Waals surface area (Å²) in [7, 11) is 1.58. The molecule has 8 heteroatoms. The number of halogens is 1. The Morgan fingerprint density at radius 2 is 2.11 bits per heavy atom. The van der Waals surface area contributed by atoms with Crippen LogP contribution in [0.3, 0.4) is 0 Å². The Kier molecular flexibility index (Phi) is 6.88. The molecular formula is C20H17BrN2O3S2. The molecule has 1 saturated heterocycles. The summed E-state index contributed by atoms with van der Waals surface area (Å²) >= 11 is 10.1. The van der Waals surface area contributed by atoms with Gasteiger partial charge in [0.25, 0.3) is 5.91 Å². The van der Waals surface area contributed by atoms with Gasteiger partial charge >= 0.3 is 0 Å². The van der Waals surface area contributed by atoms with Crippen LogP contribution < -0.4 is 9.47 Å². The number of thioether (sulfide) groups is 1. The number of hydrogen-bond acceptors (Lipinski definition) is 6. The number of thiocarbonyl (C=S) groups is 1. The van der Waals surface area contributed by atoms with Crippen molar-refractivity contribution < 1.29 is 14.3 Å². The van der Waals surface area contributed by atoms with E-state index in [0.717, 1.165) is 15.6 Å². The predicted molar refractivity (Wildman–Crippen MR) is 119 cm³/mol. The van der Waals surface area contributed by atoms with Crippen LogP contribution in [0.25, 0.3) is 6.08 Å². The van der Waals surface area contributed by atoms with Crippen LogP contribution in [0.15, 0.2) is 58.7 Å². The van der Waals surface area contributed by atoms with Crippen LogP contribution in [0.4, 0.5) is 0 Å². The largest absolute Gasteiger partial charge is 0.493 e. The second-order valence-electron chi connectivity index (χ2n) is 5.76. The molecule has 1 aliphatic heterocycles. The lowest BCUT2D eigenvalue weighted by Crippen LogP contribution is -2.27. The predicted octanol–water partition coefficient (Wildman–Crippen LogP) is 4.82. The highest BCUT2D eigenvalue weighted by molar-refractivity contribution is 9.10. The Morgan fingerprint density at radius 3 is 2.79 bits per heavy atom. The molecule has 0 atom stereocenters. The van der Waals surface area contributed by atoms with Crippen molar-refractivity contribution in [2.45, 2.75) is 6.61 Å². The summed E-state index contributed by atoms with van der Waals surface area (Å²) in [5.74, 6) is 1.04. The number of hydrogen-bond donors (Lipinski definition) is 0. The van der Waals surface area contributed by atoms with E-state index in [1.165, 1.54) is 16.7 Å². The van der Waals surface area contributed by atoms with Gasteiger partial charge in [0.05, 0.1) is 16.5 Å². The zero-order chi connectivity index (χ0) is 20.1. The Hall–Kier alpha value is -2.16. The van der Waals surface area contributed by atoms with Gasteiger partial charge in [-0.2, -0.15) is 0 Å². The van der Waals surface area contributed by atoms with Crippen molar-refractivity contribution >= 4 is 56.2 Å². The van der Waals surface area contributed by atoms with E-state index >= 15 is 0 Å². The highest BCUT2D eigenvalue weighted by Crippen LogP contribution is 2.39. The summed E-state index contributed by atoms with van der Waals surface area (Å²) in [6.45, 7) is 4.45. The van der Waals surface area contributed by atoms with E-state index in [2.05, 4.69) is 27.5 Å². The maximum atomic E-state index is 12.5. The normalized spacial score (nSPS) is 15.2. The minimum atomic E-state index is -0.122. The average Bonchev–Trinajstić information content (AvgIpc) is 2.95. The van der Waals surface area contributed by atoms with Gasteiger partial charge in [-0.05, 0) is 57.4 Å². The number of methoxy groups -OCH3 is 1. The van der Waals surface area contributed by atoms with Gasteiger partial charge in [-0.15, -0.1) is 6.58 Å². The molecule has 1 amide bonds. The summed E-state index contributed by atoms with van der Waals surface area (Å²) < 4.78 is 12.7. The van der Waals surface area contributed by atoms with Crippen molar-refractivity contribution in [3.63, 3.8) is 0 Å². The van der Waals surface area contributed by atoms with Gasteiger partial charge in [-0.25, -0.2) is 0 Å². The molecule has 0 radical (unpaired) electrons. The number of carbonyl (C=O) groups excluding carboxylic acids is 1. The SMILES string of the molecule is C=CCN1C(=O)/C(=C\c2cc(Br)c(OCc3ccncc3)c(OC)c2)SC1=S. The van der Waals surface area contributed by atoms with E-state index in [1.807, 2.05) is 24.3 Å². The van der Waals surface area contributed by atoms with Gasteiger partial charge in [-0.3, -0.25) is 14.7 Å². The summed E-state index contributed by atoms with van der Waals surface area (Å²) in [6.07, 6.45) is 6.89. The molecular weight excluding hydrogens is 460 g/mol. The maximum absolute atomic E-state index is 12.5. The molecule has 2 aromatic rings. The minimum Gasteiger partial charge on any atom is -0.493 e. The first kappa shape index (κ1) is 20.6. The fourth-order valence-corrected chi connectivity index (χ4v) is 4.38. The first-order chi connectivity index (χ1) is 13.5. The number of ether oxygens (including phenoxy) is 2. The third kappa shape index (κ3) is 4.63. The molecule has 3 rings (SSSR count). The van der Waals surface area contributed by atoms with Crippen molar-refractivity contribution in [2.75, 3.05) is 13.7 Å². The summed E-state index contributed by atoms with van der Waals surface area (Å²) in [4.78, 5) is 18.6. The van der Waals surface area contributed by atoms with Crippen molar-refractivity contribution in [2.24, 2.45) is 0 Å². The quantitative estimate of drug-likeness (QED) is 0.324. The molecule has 1 aromatic carbocycles. The van der Waals surface area contributed by atoms with Crippen LogP contribution in [0.1, 0.15) is 11.1 Å². The molecule has 1 aliphatic rings. The van der Waals surface area contributed by atoms with E-state index in [-0.39, 0.29) is 5.91 Å². The molecule has 1 fully saturated rings. The van der Waals surface area contributed by atoms with E-state index in [1.54, 1.807) is 31.7 Å². The summed E-state index contributed by atoms with van der Waals surface area (Å²) in [6, 6.07) is 7.48. The lowest BCUT2D eigenvalue weighted by Gasteiger charge is -2.14. The highest BCUT2D eigenvalue weighted by atomic mass is 79.9. The standard InChI is InChI=1S/C20H17BrN2O3S2/c1-3-8-23-19(24)17(28-20(23)27)11-14-9-15(21)18(16(10-14)25-2)26-12-13-4-6-22-7-5-13/h3-7,9-11H,1,8,12H2,2H3/b17-11+. The lowest BCUT2D eigenvalue weighted by atomic mass is 10.1. The molecule has 0 spiro atoms. The van der Waals surface area contributed by atoms with Crippen LogP contribution in [0.5, 0.6) is 11.5 Å². The first-order valence-electron chi connectivity index (χ1n) is 8.29. The van der Waals surface area contributed by atoms with Crippen molar-refractivity contribution in [1.82, 2.24) is 9.88 Å². The van der Waals surface area contributed by atoms with E-state index in [0.29, 0.717) is 33.9 Å². The number of pyridine rings is 1. The number of nitrogens with zero attached hydrogens (tertiary/aromatic N) is 2. The van der Waals surface area contributed by atoms with Crippen LogP contribution in [-0.2, 0) is 11.4 Å². The molecule has 0 bridgehead atoms. The van der Waals surface area contributed by atoms with Gasteiger partial charge in [0.2, 0.25) is 0 Å². The van der Waals surface area contributed by atoms with Crippen molar-refractivity contribution in [1.29, 1.82) is 0 Å². The van der Waals surface area contributed by atoms with Gasteiger partial charge in [0.15, 0.2) is 11.5 Å². The topological polar surface area (TPSA) is 51.7 Å². The maximum Gasteiger partial charge on any atom is 0.266 e. The van der Waals surface area contributed by atoms with Crippen LogP contribution in [-0.4, -0.2) is 33.8 Å². The van der Waals surface area contributed by atoms with Crippen LogP contribution >= 0.6 is 39.9 Å². The highest BCUT2D eigenvalue weighted by Gasteiger charge is 2.31. The molecule has 0 unspecified atom stereocenters. The summed E-state index contributed by atoms with van der Waals surface area (Å²) in [5, 5.41) is 0. The van der Waals surface area contributed by atoms with Gasteiger partial charge in [0.1, 0.15) is 10.9 Å². The average molecular weight is 477 g/mol. The number of amides is 1. The zero-order valence-electron chi connectivity index (χ0n) is 15.1. The first-order valence-corrected chi connectivity index (χ1v) is 10.3. The smallest absolute Gasteiger partial charge is 0.266 e. The molecule has 0 N–H and O–H groups in total. The van der Waals surface area contributed by atoms with Gasteiger partial charge in [0, 0.05) is 18.9 Å². The Morgan fingerprint density at radius 1 is 1.36 bits per heavy atom. The third-order valence-electron chi connectivity index (χ3n) is 3.87. The Labute approximate surface area is 181 Å². The monoisotopic (exact) mass is 476 g/mol. The van der Waals surface area contributed by atoms with Crippen molar-refractivity contribution in [3.05, 3.63) is 69.8 Å². The van der Waals surface area contributed by atoms with E-state index in [4.69, 9.17) is 21.7 Å². The van der Waals surface area contributed by atoms with Crippen molar-refractivity contribution in [3.8, 4) is 11.5 Å². The Bertz CT molecular complexity index is 948. The molecule has 5 nitrogen and oxygen atoms in total. The Balaban J connectivity index is 1.84. The van der Waals surface area contributed by atoms with Crippen LogP contribution in [0, 0.1) is 0 Å². The molecule has 0 aliphatic carbocycles. The molecule has 0 saturated carbocycles. The second kappa shape index (κ2) is 9.36. The second-order valence-corrected chi connectivity index (χ2v) is 8.29. The molecule has 1 aromatic heterocycles. The zero-order valence-corrected chi connectivity index (χ0v) is 18.3. The van der Waals surface area contributed by atoms with Gasteiger partial charge in [-0.1, -0.05) is 30.1 Å². The van der Waals surface area contributed by atoms with Gasteiger partial charge < -0.3 is 9.47 Å². The lowest BCUT2D eigenvalue weighted by molar-refractivity contribution is -0.121. The summed E-state index contributed by atoms with van der Waals surface area (Å²) in [5.41, 5.74) is 1.80. The number of aromatic nitrogens is 1. The number of carbonyl (C=O) groups is 1. The minimum absolute atomic E-state index is 0.122.